The second-order valence-corrected chi connectivity index (χ2v) is 6.36. The minimum absolute atomic E-state index is 0.0768. The van der Waals surface area contributed by atoms with E-state index in [0.717, 1.165) is 12.8 Å². The van der Waals surface area contributed by atoms with Gasteiger partial charge in [0.25, 0.3) is 5.56 Å². The van der Waals surface area contributed by atoms with Crippen LogP contribution in [0.3, 0.4) is 0 Å². The third-order valence-electron chi connectivity index (χ3n) is 4.62. The molecule has 0 unspecified atom stereocenters. The SMILES string of the molecule is CC(=O)N1CCC(NC(=O)CCn2cnc3ccccc3c2=O)CC1. The Bertz CT molecular complexity index is 838. The Hall–Kier alpha value is -2.70. The zero-order valence-electron chi connectivity index (χ0n) is 14.3. The van der Waals surface area contributed by atoms with E-state index in [1.807, 2.05) is 6.07 Å². The number of carbonyl (C=O) groups excluding carboxylic acids is 2. The maximum atomic E-state index is 12.4. The highest BCUT2D eigenvalue weighted by molar-refractivity contribution is 5.78. The van der Waals surface area contributed by atoms with Crippen LogP contribution in [0, 0.1) is 0 Å². The third-order valence-corrected chi connectivity index (χ3v) is 4.62. The highest BCUT2D eigenvalue weighted by atomic mass is 16.2. The van der Waals surface area contributed by atoms with E-state index in [4.69, 9.17) is 0 Å². The second kappa shape index (κ2) is 7.46. The maximum Gasteiger partial charge on any atom is 0.261 e. The van der Waals surface area contributed by atoms with Crippen LogP contribution >= 0.6 is 0 Å². The van der Waals surface area contributed by atoms with Gasteiger partial charge in [-0.3, -0.25) is 19.0 Å². The van der Waals surface area contributed by atoms with Crippen LogP contribution in [-0.2, 0) is 16.1 Å². The van der Waals surface area contributed by atoms with Gasteiger partial charge in [-0.25, -0.2) is 4.98 Å². The van der Waals surface area contributed by atoms with Gasteiger partial charge in [0, 0.05) is 39.0 Å². The quantitative estimate of drug-likeness (QED) is 0.895. The van der Waals surface area contributed by atoms with E-state index in [-0.39, 0.29) is 29.8 Å². The fourth-order valence-electron chi connectivity index (χ4n) is 3.13. The maximum absolute atomic E-state index is 12.4. The number of fused-ring (bicyclic) bond motifs is 1. The Balaban J connectivity index is 1.54. The number of amides is 2. The summed E-state index contributed by atoms with van der Waals surface area (Å²) < 4.78 is 1.47. The van der Waals surface area contributed by atoms with Crippen molar-refractivity contribution in [3.05, 3.63) is 40.9 Å². The van der Waals surface area contributed by atoms with Crippen molar-refractivity contribution < 1.29 is 9.59 Å². The van der Waals surface area contributed by atoms with Crippen LogP contribution in [0.25, 0.3) is 10.9 Å². The van der Waals surface area contributed by atoms with E-state index in [2.05, 4.69) is 10.3 Å². The molecule has 1 aromatic heterocycles. The molecular formula is C18H22N4O3. The van der Waals surface area contributed by atoms with Crippen molar-refractivity contribution in [3.63, 3.8) is 0 Å². The summed E-state index contributed by atoms with van der Waals surface area (Å²) in [4.78, 5) is 41.9. The summed E-state index contributed by atoms with van der Waals surface area (Å²) in [5, 5.41) is 3.55. The molecule has 1 aliphatic rings. The number of rotatable bonds is 4. The molecule has 2 amide bonds. The molecule has 0 radical (unpaired) electrons. The topological polar surface area (TPSA) is 84.3 Å². The summed E-state index contributed by atoms with van der Waals surface area (Å²) in [6.07, 6.45) is 3.25. The molecule has 1 fully saturated rings. The number of aromatic nitrogens is 2. The van der Waals surface area contributed by atoms with Gasteiger partial charge in [-0.05, 0) is 25.0 Å². The van der Waals surface area contributed by atoms with Crippen LogP contribution in [0.5, 0.6) is 0 Å². The van der Waals surface area contributed by atoms with Crippen LogP contribution in [0.2, 0.25) is 0 Å². The summed E-state index contributed by atoms with van der Waals surface area (Å²) in [5.74, 6) is -0.00529. The smallest absolute Gasteiger partial charge is 0.261 e. The molecule has 0 atom stereocenters. The standard InChI is InChI=1S/C18H22N4O3/c1-13(23)21-9-6-14(7-10-21)20-17(24)8-11-22-12-19-16-5-3-2-4-15(16)18(22)25/h2-5,12,14H,6-11H2,1H3,(H,20,24). The molecule has 3 rings (SSSR count). The van der Waals surface area contributed by atoms with Crippen molar-refractivity contribution in [1.82, 2.24) is 19.8 Å². The zero-order chi connectivity index (χ0) is 17.8. The van der Waals surface area contributed by atoms with Crippen LogP contribution in [-0.4, -0.2) is 45.4 Å². The fraction of sp³-hybridized carbons (Fsp3) is 0.444. The number of carbonyl (C=O) groups is 2. The molecular weight excluding hydrogens is 320 g/mol. The van der Waals surface area contributed by atoms with Gasteiger partial charge in [-0.1, -0.05) is 12.1 Å². The number of likely N-dealkylation sites (tertiary alicyclic amines) is 1. The molecule has 1 N–H and O–H groups in total. The van der Waals surface area contributed by atoms with Gasteiger partial charge >= 0.3 is 0 Å². The number of para-hydroxylation sites is 1. The molecule has 1 aliphatic heterocycles. The number of hydrogen-bond acceptors (Lipinski definition) is 4. The first kappa shape index (κ1) is 17.1. The number of nitrogens with zero attached hydrogens (tertiary/aromatic N) is 3. The van der Waals surface area contributed by atoms with Crippen molar-refractivity contribution in [2.75, 3.05) is 13.1 Å². The third kappa shape index (κ3) is 4.04. The molecule has 7 heteroatoms. The summed E-state index contributed by atoms with van der Waals surface area (Å²) in [6.45, 7) is 3.21. The van der Waals surface area contributed by atoms with E-state index in [1.54, 1.807) is 30.0 Å². The molecule has 132 valence electrons. The number of benzene rings is 1. The van der Waals surface area contributed by atoms with E-state index < -0.39 is 0 Å². The minimum Gasteiger partial charge on any atom is -0.353 e. The highest BCUT2D eigenvalue weighted by Crippen LogP contribution is 2.10. The first-order valence-corrected chi connectivity index (χ1v) is 8.53. The highest BCUT2D eigenvalue weighted by Gasteiger charge is 2.21. The molecule has 1 aromatic carbocycles. The van der Waals surface area contributed by atoms with Gasteiger partial charge in [-0.15, -0.1) is 0 Å². The van der Waals surface area contributed by atoms with Crippen LogP contribution < -0.4 is 10.9 Å². The van der Waals surface area contributed by atoms with Crippen molar-refractivity contribution in [3.8, 4) is 0 Å². The zero-order valence-corrected chi connectivity index (χ0v) is 14.3. The molecule has 1 saturated heterocycles. The molecule has 2 aromatic rings. The second-order valence-electron chi connectivity index (χ2n) is 6.36. The first-order chi connectivity index (χ1) is 12.0. The monoisotopic (exact) mass is 342 g/mol. The molecule has 0 saturated carbocycles. The van der Waals surface area contributed by atoms with Crippen molar-refractivity contribution in [1.29, 1.82) is 0 Å². The van der Waals surface area contributed by atoms with Crippen LogP contribution in [0.4, 0.5) is 0 Å². The molecule has 0 aliphatic carbocycles. The van der Waals surface area contributed by atoms with Gasteiger partial charge in [0.05, 0.1) is 17.2 Å². The minimum atomic E-state index is -0.131. The molecule has 7 nitrogen and oxygen atoms in total. The normalized spacial score (nSPS) is 15.3. The van der Waals surface area contributed by atoms with Crippen molar-refractivity contribution in [2.45, 2.75) is 38.8 Å². The van der Waals surface area contributed by atoms with Gasteiger partial charge in [-0.2, -0.15) is 0 Å². The summed E-state index contributed by atoms with van der Waals surface area (Å²) in [5.41, 5.74) is 0.526. The Labute approximate surface area is 145 Å². The van der Waals surface area contributed by atoms with Gasteiger partial charge in [0.2, 0.25) is 11.8 Å². The lowest BCUT2D eigenvalue weighted by molar-refractivity contribution is -0.130. The Morgan fingerprint density at radius 3 is 2.68 bits per heavy atom. The lowest BCUT2D eigenvalue weighted by atomic mass is 10.0. The fourth-order valence-corrected chi connectivity index (χ4v) is 3.13. The summed E-state index contributed by atoms with van der Waals surface area (Å²) in [7, 11) is 0. The average Bonchev–Trinajstić information content (AvgIpc) is 2.62. The van der Waals surface area contributed by atoms with E-state index in [9.17, 15) is 14.4 Å². The lowest BCUT2D eigenvalue weighted by Crippen LogP contribution is -2.46. The van der Waals surface area contributed by atoms with Crippen molar-refractivity contribution in [2.24, 2.45) is 0 Å². The van der Waals surface area contributed by atoms with Crippen LogP contribution in [0.1, 0.15) is 26.2 Å². The average molecular weight is 342 g/mol. The van der Waals surface area contributed by atoms with E-state index in [1.165, 1.54) is 10.9 Å². The van der Waals surface area contributed by atoms with E-state index in [0.29, 0.717) is 30.5 Å². The number of nitrogens with one attached hydrogen (secondary N) is 1. The summed E-state index contributed by atoms with van der Waals surface area (Å²) in [6, 6.07) is 7.26. The molecule has 2 heterocycles. The number of hydrogen-bond donors (Lipinski definition) is 1. The van der Waals surface area contributed by atoms with Crippen LogP contribution in [0.15, 0.2) is 35.4 Å². The predicted octanol–water partition coefficient (Wildman–Crippen LogP) is 0.914. The van der Waals surface area contributed by atoms with E-state index >= 15 is 0 Å². The van der Waals surface area contributed by atoms with Crippen molar-refractivity contribution >= 4 is 22.7 Å². The van der Waals surface area contributed by atoms with Gasteiger partial charge in [0.15, 0.2) is 0 Å². The Morgan fingerprint density at radius 2 is 1.96 bits per heavy atom. The Morgan fingerprint density at radius 1 is 1.24 bits per heavy atom. The lowest BCUT2D eigenvalue weighted by Gasteiger charge is -2.31. The first-order valence-electron chi connectivity index (χ1n) is 8.53. The largest absolute Gasteiger partial charge is 0.353 e. The predicted molar refractivity (Wildman–Crippen MR) is 94.0 cm³/mol. The molecule has 0 bridgehead atoms. The Kier molecular flexibility index (Phi) is 5.11. The van der Waals surface area contributed by atoms with Gasteiger partial charge < -0.3 is 10.2 Å². The number of piperidine rings is 1. The molecule has 0 spiro atoms. The van der Waals surface area contributed by atoms with Gasteiger partial charge in [0.1, 0.15) is 0 Å². The molecule has 25 heavy (non-hydrogen) atoms. The summed E-state index contributed by atoms with van der Waals surface area (Å²) >= 11 is 0. The number of aryl methyl sites for hydroxylation is 1.